The molecule has 29 heavy (non-hydrogen) atoms. The van der Waals surface area contributed by atoms with E-state index in [4.69, 9.17) is 21.1 Å². The fourth-order valence-corrected chi connectivity index (χ4v) is 2.82. The lowest BCUT2D eigenvalue weighted by atomic mass is 10.1. The Labute approximate surface area is 172 Å². The van der Waals surface area contributed by atoms with Gasteiger partial charge in [-0.3, -0.25) is 4.79 Å². The van der Waals surface area contributed by atoms with Gasteiger partial charge in [-0.15, -0.1) is 0 Å². The molecule has 3 aromatic carbocycles. The molecule has 0 aliphatic heterocycles. The summed E-state index contributed by atoms with van der Waals surface area (Å²) in [4.78, 5) is 12.5. The molecule has 1 amide bonds. The van der Waals surface area contributed by atoms with Gasteiger partial charge in [0, 0.05) is 16.1 Å². The minimum Gasteiger partial charge on any atom is -0.496 e. The van der Waals surface area contributed by atoms with E-state index < -0.39 is 23.2 Å². The second kappa shape index (κ2) is 8.92. The number of hydrogen-bond acceptors (Lipinski definition) is 3. The first kappa shape index (κ1) is 20.6. The van der Waals surface area contributed by atoms with Gasteiger partial charge in [-0.25, -0.2) is 8.78 Å². The van der Waals surface area contributed by atoms with Gasteiger partial charge in [0.1, 0.15) is 35.4 Å². The highest BCUT2D eigenvalue weighted by atomic mass is 35.5. The van der Waals surface area contributed by atoms with Gasteiger partial charge < -0.3 is 14.8 Å². The van der Waals surface area contributed by atoms with Gasteiger partial charge in [0.15, 0.2) is 0 Å². The van der Waals surface area contributed by atoms with Crippen LogP contribution in [0.3, 0.4) is 0 Å². The molecule has 150 valence electrons. The van der Waals surface area contributed by atoms with Crippen molar-refractivity contribution in [1.82, 2.24) is 0 Å². The van der Waals surface area contributed by atoms with E-state index in [1.54, 1.807) is 30.3 Å². The van der Waals surface area contributed by atoms with E-state index in [0.29, 0.717) is 22.1 Å². The average molecular weight is 418 g/mol. The number of carbonyl (C=O) groups is 1. The summed E-state index contributed by atoms with van der Waals surface area (Å²) in [6.07, 6.45) is 0. The number of hydrogen-bond donors (Lipinski definition) is 1. The normalized spacial score (nSPS) is 10.5. The fourth-order valence-electron chi connectivity index (χ4n) is 2.70. The number of para-hydroxylation sites is 1. The molecule has 0 heterocycles. The number of nitrogens with one attached hydrogen (secondary N) is 1. The molecule has 0 aliphatic rings. The maximum Gasteiger partial charge on any atom is 0.255 e. The summed E-state index contributed by atoms with van der Waals surface area (Å²) in [5, 5.41) is 2.90. The van der Waals surface area contributed by atoms with Gasteiger partial charge in [-0.05, 0) is 61.0 Å². The summed E-state index contributed by atoms with van der Waals surface area (Å²) in [6, 6.07) is 13.3. The number of carbonyl (C=O) groups excluding carboxylic acids is 1. The van der Waals surface area contributed by atoms with E-state index >= 15 is 0 Å². The molecule has 0 saturated carbocycles. The molecule has 0 fully saturated rings. The molecule has 0 saturated heterocycles. The zero-order valence-electron chi connectivity index (χ0n) is 15.8. The lowest BCUT2D eigenvalue weighted by Gasteiger charge is -2.13. The number of aryl methyl sites for hydroxylation is 1. The van der Waals surface area contributed by atoms with E-state index in [1.807, 2.05) is 6.92 Å². The molecule has 1 N–H and O–H groups in total. The Bertz CT molecular complexity index is 1040. The minimum atomic E-state index is -0.853. The third-order valence-corrected chi connectivity index (χ3v) is 4.69. The van der Waals surface area contributed by atoms with Crippen LogP contribution in [-0.4, -0.2) is 13.0 Å². The number of benzene rings is 3. The van der Waals surface area contributed by atoms with Crippen LogP contribution in [-0.2, 0) is 6.61 Å². The molecule has 0 bridgehead atoms. The topological polar surface area (TPSA) is 47.6 Å². The number of methoxy groups -OCH3 is 1. The summed E-state index contributed by atoms with van der Waals surface area (Å²) >= 11 is 6.02. The van der Waals surface area contributed by atoms with Gasteiger partial charge in [0.05, 0.1) is 7.11 Å². The molecule has 0 aliphatic carbocycles. The van der Waals surface area contributed by atoms with Crippen molar-refractivity contribution in [3.63, 3.8) is 0 Å². The number of amides is 1. The van der Waals surface area contributed by atoms with E-state index in [-0.39, 0.29) is 12.2 Å². The number of halogens is 3. The van der Waals surface area contributed by atoms with Crippen LogP contribution in [0.1, 0.15) is 21.5 Å². The Kier molecular flexibility index (Phi) is 6.34. The Morgan fingerprint density at radius 3 is 2.45 bits per heavy atom. The SMILES string of the molecule is COc1ccc(C(=O)Nc2c(F)cccc2F)cc1COc1ccc(Cl)c(C)c1. The molecule has 0 spiro atoms. The maximum absolute atomic E-state index is 13.8. The van der Waals surface area contributed by atoms with Crippen molar-refractivity contribution in [3.05, 3.63) is 87.9 Å². The standard InChI is InChI=1S/C22H18ClF2NO3/c1-13-10-16(7-8-17(13)23)29-12-15-11-14(6-9-20(15)28-2)22(27)26-21-18(24)4-3-5-19(21)25/h3-11H,12H2,1-2H3,(H,26,27). The Hall–Kier alpha value is -3.12. The van der Waals surface area contributed by atoms with E-state index in [1.165, 1.54) is 19.2 Å². The quantitative estimate of drug-likeness (QED) is 0.554. The second-order valence-electron chi connectivity index (χ2n) is 6.28. The van der Waals surface area contributed by atoms with Crippen LogP contribution in [0.5, 0.6) is 11.5 Å². The molecule has 0 unspecified atom stereocenters. The summed E-state index contributed by atoms with van der Waals surface area (Å²) < 4.78 is 38.7. The number of rotatable bonds is 6. The highest BCUT2D eigenvalue weighted by molar-refractivity contribution is 6.31. The van der Waals surface area contributed by atoms with Gasteiger partial charge in [0.2, 0.25) is 0 Å². The van der Waals surface area contributed by atoms with E-state index in [0.717, 1.165) is 17.7 Å². The summed E-state index contributed by atoms with van der Waals surface area (Å²) in [5.74, 6) is -1.23. The predicted molar refractivity (Wildman–Crippen MR) is 108 cm³/mol. The molecule has 0 radical (unpaired) electrons. The van der Waals surface area contributed by atoms with Crippen LogP contribution in [0.2, 0.25) is 5.02 Å². The number of anilines is 1. The third-order valence-electron chi connectivity index (χ3n) is 4.27. The van der Waals surface area contributed by atoms with Crippen molar-refractivity contribution in [1.29, 1.82) is 0 Å². The Morgan fingerprint density at radius 1 is 1.07 bits per heavy atom. The zero-order valence-corrected chi connectivity index (χ0v) is 16.5. The lowest BCUT2D eigenvalue weighted by Crippen LogP contribution is -2.15. The molecule has 3 aromatic rings. The monoisotopic (exact) mass is 417 g/mol. The molecule has 0 aromatic heterocycles. The van der Waals surface area contributed by atoms with Gasteiger partial charge in [0.25, 0.3) is 5.91 Å². The fraction of sp³-hybridized carbons (Fsp3) is 0.136. The Balaban J connectivity index is 1.80. The van der Waals surface area contributed by atoms with Crippen molar-refractivity contribution in [3.8, 4) is 11.5 Å². The highest BCUT2D eigenvalue weighted by Gasteiger charge is 2.15. The minimum absolute atomic E-state index is 0.124. The lowest BCUT2D eigenvalue weighted by molar-refractivity contribution is 0.102. The average Bonchev–Trinajstić information content (AvgIpc) is 2.71. The maximum atomic E-state index is 13.8. The van der Waals surface area contributed by atoms with Crippen LogP contribution in [0.15, 0.2) is 54.6 Å². The van der Waals surface area contributed by atoms with E-state index in [2.05, 4.69) is 5.32 Å². The molecule has 7 heteroatoms. The predicted octanol–water partition coefficient (Wildman–Crippen LogP) is 5.77. The van der Waals surface area contributed by atoms with Crippen molar-refractivity contribution in [2.45, 2.75) is 13.5 Å². The van der Waals surface area contributed by atoms with Crippen LogP contribution < -0.4 is 14.8 Å². The zero-order chi connectivity index (χ0) is 21.0. The first-order valence-electron chi connectivity index (χ1n) is 8.70. The van der Waals surface area contributed by atoms with Gasteiger partial charge in [-0.2, -0.15) is 0 Å². The Morgan fingerprint density at radius 2 is 1.79 bits per heavy atom. The summed E-state index contributed by atoms with van der Waals surface area (Å²) in [6.45, 7) is 1.99. The number of ether oxygens (including phenoxy) is 2. The van der Waals surface area contributed by atoms with Gasteiger partial charge in [-0.1, -0.05) is 17.7 Å². The smallest absolute Gasteiger partial charge is 0.255 e. The third kappa shape index (κ3) is 4.84. The van der Waals surface area contributed by atoms with Crippen LogP contribution in [0.25, 0.3) is 0 Å². The van der Waals surface area contributed by atoms with Crippen LogP contribution in [0, 0.1) is 18.6 Å². The molecular weight excluding hydrogens is 400 g/mol. The first-order valence-corrected chi connectivity index (χ1v) is 9.08. The van der Waals surface area contributed by atoms with Crippen molar-refractivity contribution >= 4 is 23.2 Å². The first-order chi connectivity index (χ1) is 13.9. The van der Waals surface area contributed by atoms with Gasteiger partial charge >= 0.3 is 0 Å². The van der Waals surface area contributed by atoms with Crippen molar-refractivity contribution in [2.75, 3.05) is 12.4 Å². The highest BCUT2D eigenvalue weighted by Crippen LogP contribution is 2.26. The molecular formula is C22H18ClF2NO3. The van der Waals surface area contributed by atoms with Crippen LogP contribution in [0.4, 0.5) is 14.5 Å². The molecule has 0 atom stereocenters. The van der Waals surface area contributed by atoms with Crippen LogP contribution >= 0.6 is 11.6 Å². The van der Waals surface area contributed by atoms with E-state index in [9.17, 15) is 13.6 Å². The largest absolute Gasteiger partial charge is 0.496 e. The van der Waals surface area contributed by atoms with Crippen molar-refractivity contribution < 1.29 is 23.0 Å². The molecule has 4 nitrogen and oxygen atoms in total. The summed E-state index contributed by atoms with van der Waals surface area (Å²) in [7, 11) is 1.50. The van der Waals surface area contributed by atoms with Crippen molar-refractivity contribution in [2.24, 2.45) is 0 Å². The molecule has 3 rings (SSSR count). The second-order valence-corrected chi connectivity index (χ2v) is 6.68. The summed E-state index contributed by atoms with van der Waals surface area (Å²) in [5.41, 5.74) is 1.18.